The summed E-state index contributed by atoms with van der Waals surface area (Å²) in [5.41, 5.74) is 2.23. The average molecular weight is 333 g/mol. The molecule has 1 aromatic heterocycles. The third-order valence-corrected chi connectivity index (χ3v) is 3.58. The number of nitriles is 1. The molecule has 0 unspecified atom stereocenters. The maximum Gasteiger partial charge on any atom is 0.229 e. The molecule has 0 atom stereocenters. The van der Waals surface area contributed by atoms with E-state index in [9.17, 15) is 4.39 Å². The van der Waals surface area contributed by atoms with Gasteiger partial charge in [0, 0.05) is 12.7 Å². The van der Waals surface area contributed by atoms with Crippen LogP contribution in [0.3, 0.4) is 0 Å². The monoisotopic (exact) mass is 333 g/mol. The van der Waals surface area contributed by atoms with Gasteiger partial charge in [0.1, 0.15) is 17.7 Å². The number of halogens is 1. The molecule has 25 heavy (non-hydrogen) atoms. The Labute approximate surface area is 145 Å². The van der Waals surface area contributed by atoms with Crippen molar-refractivity contribution in [1.29, 1.82) is 5.26 Å². The zero-order chi connectivity index (χ0) is 17.5. The highest BCUT2D eigenvalue weighted by Crippen LogP contribution is 2.18. The number of aromatic nitrogens is 2. The Morgan fingerprint density at radius 2 is 1.84 bits per heavy atom. The van der Waals surface area contributed by atoms with Gasteiger partial charge in [0.2, 0.25) is 5.95 Å². The molecule has 0 spiro atoms. The number of hydrogen-bond donors (Lipinski definition) is 2. The van der Waals surface area contributed by atoms with Crippen molar-refractivity contribution in [3.05, 3.63) is 77.7 Å². The van der Waals surface area contributed by atoms with E-state index in [1.165, 1.54) is 12.1 Å². The van der Waals surface area contributed by atoms with E-state index < -0.39 is 0 Å². The molecule has 0 radical (unpaired) electrons. The van der Waals surface area contributed by atoms with Crippen molar-refractivity contribution in [2.45, 2.75) is 6.42 Å². The van der Waals surface area contributed by atoms with Crippen LogP contribution in [0.1, 0.15) is 11.1 Å². The van der Waals surface area contributed by atoms with Crippen LogP contribution in [0.15, 0.2) is 60.8 Å². The molecule has 0 saturated carbocycles. The second-order valence-electron chi connectivity index (χ2n) is 5.35. The first kappa shape index (κ1) is 16.4. The van der Waals surface area contributed by atoms with Crippen LogP contribution < -0.4 is 10.6 Å². The Kier molecular flexibility index (Phi) is 5.17. The van der Waals surface area contributed by atoms with E-state index in [0.29, 0.717) is 29.6 Å². The van der Waals surface area contributed by atoms with Gasteiger partial charge in [-0.2, -0.15) is 10.2 Å². The maximum atomic E-state index is 12.9. The predicted octanol–water partition coefficient (Wildman–Crippen LogP) is 3.89. The fourth-order valence-corrected chi connectivity index (χ4v) is 2.31. The lowest BCUT2D eigenvalue weighted by Crippen LogP contribution is -2.08. The van der Waals surface area contributed by atoms with Gasteiger partial charge in [-0.15, -0.1) is 0 Å². The van der Waals surface area contributed by atoms with Gasteiger partial charge >= 0.3 is 0 Å². The van der Waals surface area contributed by atoms with Gasteiger partial charge in [0.05, 0.1) is 11.3 Å². The van der Waals surface area contributed by atoms with E-state index >= 15 is 0 Å². The number of nitrogens with zero attached hydrogens (tertiary/aromatic N) is 3. The molecule has 2 N–H and O–H groups in total. The SMILES string of the molecule is N#Cc1ccccc1Nc1nccc(NCCc2ccc(F)cc2)n1. The minimum Gasteiger partial charge on any atom is -0.370 e. The lowest BCUT2D eigenvalue weighted by Gasteiger charge is -2.09. The average Bonchev–Trinajstić information content (AvgIpc) is 2.64. The summed E-state index contributed by atoms with van der Waals surface area (Å²) in [5.74, 6) is 0.851. The number of hydrogen-bond acceptors (Lipinski definition) is 5. The van der Waals surface area contributed by atoms with Gasteiger partial charge < -0.3 is 10.6 Å². The number of rotatable bonds is 6. The second-order valence-corrected chi connectivity index (χ2v) is 5.35. The molecular weight excluding hydrogens is 317 g/mol. The quantitative estimate of drug-likeness (QED) is 0.716. The molecule has 124 valence electrons. The van der Waals surface area contributed by atoms with Gasteiger partial charge in [-0.25, -0.2) is 9.37 Å². The van der Waals surface area contributed by atoms with Crippen LogP contribution in [0, 0.1) is 17.1 Å². The molecular formula is C19H16FN5. The van der Waals surface area contributed by atoms with Crippen LogP contribution in [0.4, 0.5) is 21.8 Å². The van der Waals surface area contributed by atoms with Crippen molar-refractivity contribution < 1.29 is 4.39 Å². The highest BCUT2D eigenvalue weighted by atomic mass is 19.1. The minimum atomic E-state index is -0.235. The summed E-state index contributed by atoms with van der Waals surface area (Å²) in [6.45, 7) is 0.664. The molecule has 0 saturated heterocycles. The third-order valence-electron chi connectivity index (χ3n) is 3.58. The Hall–Kier alpha value is -3.46. The van der Waals surface area contributed by atoms with Crippen LogP contribution in [-0.4, -0.2) is 16.5 Å². The molecule has 0 aliphatic rings. The van der Waals surface area contributed by atoms with Crippen LogP contribution >= 0.6 is 0 Å². The first-order chi connectivity index (χ1) is 12.2. The zero-order valence-corrected chi connectivity index (χ0v) is 13.4. The Morgan fingerprint density at radius 3 is 2.64 bits per heavy atom. The van der Waals surface area contributed by atoms with E-state index in [1.54, 1.807) is 42.6 Å². The van der Waals surface area contributed by atoms with Gasteiger partial charge in [-0.3, -0.25) is 0 Å². The molecule has 6 heteroatoms. The topological polar surface area (TPSA) is 73.6 Å². The summed E-state index contributed by atoms with van der Waals surface area (Å²) in [6.07, 6.45) is 2.40. The first-order valence-corrected chi connectivity index (χ1v) is 7.82. The fourth-order valence-electron chi connectivity index (χ4n) is 2.31. The molecule has 0 aliphatic carbocycles. The summed E-state index contributed by atoms with van der Waals surface area (Å²) < 4.78 is 12.9. The van der Waals surface area contributed by atoms with E-state index in [1.807, 2.05) is 6.07 Å². The smallest absolute Gasteiger partial charge is 0.229 e. The number of para-hydroxylation sites is 1. The second kappa shape index (κ2) is 7.88. The standard InChI is InChI=1S/C19H16FN5/c20-16-7-5-14(6-8-16)9-11-22-18-10-12-23-19(25-18)24-17-4-2-1-3-15(17)13-21/h1-8,10,12H,9,11H2,(H2,22,23,24,25). The zero-order valence-electron chi connectivity index (χ0n) is 13.4. The Morgan fingerprint density at radius 1 is 1.04 bits per heavy atom. The number of benzene rings is 2. The number of nitrogens with one attached hydrogen (secondary N) is 2. The molecule has 1 heterocycles. The van der Waals surface area contributed by atoms with Crippen LogP contribution in [0.2, 0.25) is 0 Å². The summed E-state index contributed by atoms with van der Waals surface area (Å²) >= 11 is 0. The minimum absolute atomic E-state index is 0.235. The molecule has 2 aromatic carbocycles. The summed E-state index contributed by atoms with van der Waals surface area (Å²) in [6, 6.07) is 17.5. The van der Waals surface area contributed by atoms with Gasteiger partial charge in [0.15, 0.2) is 0 Å². The van der Waals surface area contributed by atoms with Crippen molar-refractivity contribution in [3.63, 3.8) is 0 Å². The van der Waals surface area contributed by atoms with Crippen molar-refractivity contribution in [2.24, 2.45) is 0 Å². The molecule has 0 fully saturated rings. The lowest BCUT2D eigenvalue weighted by atomic mass is 10.1. The van der Waals surface area contributed by atoms with Gasteiger partial charge in [0.25, 0.3) is 0 Å². The summed E-state index contributed by atoms with van der Waals surface area (Å²) in [7, 11) is 0. The summed E-state index contributed by atoms with van der Waals surface area (Å²) in [4.78, 5) is 8.56. The van der Waals surface area contributed by atoms with Gasteiger partial charge in [-0.1, -0.05) is 24.3 Å². The van der Waals surface area contributed by atoms with E-state index in [2.05, 4.69) is 26.7 Å². The van der Waals surface area contributed by atoms with E-state index in [4.69, 9.17) is 5.26 Å². The van der Waals surface area contributed by atoms with Crippen molar-refractivity contribution in [1.82, 2.24) is 9.97 Å². The van der Waals surface area contributed by atoms with Gasteiger partial charge in [-0.05, 0) is 42.3 Å². The molecule has 3 rings (SSSR count). The van der Waals surface area contributed by atoms with E-state index in [0.717, 1.165) is 12.0 Å². The van der Waals surface area contributed by atoms with Crippen molar-refractivity contribution >= 4 is 17.5 Å². The first-order valence-electron chi connectivity index (χ1n) is 7.82. The molecule has 5 nitrogen and oxygen atoms in total. The Balaban J connectivity index is 1.61. The summed E-state index contributed by atoms with van der Waals surface area (Å²) in [5, 5.41) is 15.4. The maximum absolute atomic E-state index is 12.9. The lowest BCUT2D eigenvalue weighted by molar-refractivity contribution is 0.627. The molecule has 3 aromatic rings. The van der Waals surface area contributed by atoms with E-state index in [-0.39, 0.29) is 5.82 Å². The van der Waals surface area contributed by atoms with Crippen molar-refractivity contribution in [3.8, 4) is 6.07 Å². The molecule has 0 amide bonds. The normalized spacial score (nSPS) is 10.1. The molecule has 0 aliphatic heterocycles. The van der Waals surface area contributed by atoms with Crippen molar-refractivity contribution in [2.75, 3.05) is 17.2 Å². The highest BCUT2D eigenvalue weighted by Gasteiger charge is 2.04. The van der Waals surface area contributed by atoms with Crippen LogP contribution in [0.25, 0.3) is 0 Å². The largest absolute Gasteiger partial charge is 0.370 e. The molecule has 0 bridgehead atoms. The van der Waals surface area contributed by atoms with Crippen LogP contribution in [0.5, 0.6) is 0 Å². The fraction of sp³-hybridized carbons (Fsp3) is 0.105. The van der Waals surface area contributed by atoms with Crippen LogP contribution in [-0.2, 0) is 6.42 Å². The highest BCUT2D eigenvalue weighted by molar-refractivity contribution is 5.63. The third kappa shape index (κ3) is 4.52. The number of anilines is 3. The Bertz CT molecular complexity index is 887. The predicted molar refractivity (Wildman–Crippen MR) is 95.1 cm³/mol.